The van der Waals surface area contributed by atoms with Crippen molar-refractivity contribution in [3.8, 4) is 0 Å². The number of rotatable bonds is 5. The van der Waals surface area contributed by atoms with Crippen LogP contribution in [0.2, 0.25) is 0 Å². The molecule has 0 aliphatic heterocycles. The SMILES string of the molecule is CCCNCCc1cc(=O)oc2cc(N)ccc12. The molecule has 0 bridgehead atoms. The number of nitrogens with one attached hydrogen (secondary N) is 1. The van der Waals surface area contributed by atoms with E-state index in [0.717, 1.165) is 36.9 Å². The molecule has 1 aromatic carbocycles. The first-order valence-electron chi connectivity index (χ1n) is 6.23. The highest BCUT2D eigenvalue weighted by molar-refractivity contribution is 5.83. The highest BCUT2D eigenvalue weighted by Gasteiger charge is 2.05. The number of hydrogen-bond acceptors (Lipinski definition) is 4. The van der Waals surface area contributed by atoms with Gasteiger partial charge in [0.05, 0.1) is 0 Å². The van der Waals surface area contributed by atoms with Crippen molar-refractivity contribution in [2.45, 2.75) is 19.8 Å². The molecule has 0 unspecified atom stereocenters. The van der Waals surface area contributed by atoms with Crippen LogP contribution in [0.25, 0.3) is 11.0 Å². The van der Waals surface area contributed by atoms with Crippen LogP contribution in [0.1, 0.15) is 18.9 Å². The molecule has 0 saturated heterocycles. The van der Waals surface area contributed by atoms with Crippen LogP contribution in [-0.4, -0.2) is 13.1 Å². The zero-order valence-electron chi connectivity index (χ0n) is 10.5. The number of nitrogens with two attached hydrogens (primary N) is 1. The van der Waals surface area contributed by atoms with Gasteiger partial charge in [0.15, 0.2) is 0 Å². The Labute approximate surface area is 106 Å². The Morgan fingerprint density at radius 2 is 2.11 bits per heavy atom. The smallest absolute Gasteiger partial charge is 0.336 e. The molecule has 1 aromatic heterocycles. The molecule has 18 heavy (non-hydrogen) atoms. The van der Waals surface area contributed by atoms with Gasteiger partial charge in [-0.1, -0.05) is 6.92 Å². The highest BCUT2D eigenvalue weighted by atomic mass is 16.4. The van der Waals surface area contributed by atoms with Crippen molar-refractivity contribution < 1.29 is 4.42 Å². The van der Waals surface area contributed by atoms with Gasteiger partial charge in [-0.25, -0.2) is 4.79 Å². The maximum atomic E-state index is 11.5. The first kappa shape index (κ1) is 12.6. The monoisotopic (exact) mass is 246 g/mol. The molecule has 0 fully saturated rings. The van der Waals surface area contributed by atoms with Gasteiger partial charge in [0.25, 0.3) is 0 Å². The predicted molar refractivity (Wildman–Crippen MR) is 73.8 cm³/mol. The first-order valence-corrected chi connectivity index (χ1v) is 6.23. The van der Waals surface area contributed by atoms with E-state index >= 15 is 0 Å². The summed E-state index contributed by atoms with van der Waals surface area (Å²) in [5.41, 5.74) is 7.54. The average molecular weight is 246 g/mol. The Balaban J connectivity index is 2.28. The molecule has 0 amide bonds. The summed E-state index contributed by atoms with van der Waals surface area (Å²) in [5, 5.41) is 4.28. The van der Waals surface area contributed by atoms with Crippen LogP contribution < -0.4 is 16.7 Å². The Kier molecular flexibility index (Phi) is 3.99. The molecule has 4 heteroatoms. The third-order valence-electron chi connectivity index (χ3n) is 2.85. The molecule has 0 atom stereocenters. The van der Waals surface area contributed by atoms with Gasteiger partial charge < -0.3 is 15.5 Å². The molecule has 0 aliphatic carbocycles. The van der Waals surface area contributed by atoms with Crippen LogP contribution in [0.3, 0.4) is 0 Å². The molecule has 2 rings (SSSR count). The van der Waals surface area contributed by atoms with Crippen LogP contribution in [0.4, 0.5) is 5.69 Å². The number of fused-ring (bicyclic) bond motifs is 1. The highest BCUT2D eigenvalue weighted by Crippen LogP contribution is 2.19. The van der Waals surface area contributed by atoms with Crippen LogP contribution >= 0.6 is 0 Å². The molecule has 2 aromatic rings. The van der Waals surface area contributed by atoms with E-state index in [4.69, 9.17) is 10.2 Å². The minimum Gasteiger partial charge on any atom is -0.423 e. The topological polar surface area (TPSA) is 68.3 Å². The predicted octanol–water partition coefficient (Wildman–Crippen LogP) is 1.92. The quantitative estimate of drug-likeness (QED) is 0.480. The van der Waals surface area contributed by atoms with Gasteiger partial charge in [-0.05, 0) is 43.6 Å². The standard InChI is InChI=1S/C14H18N2O2/c1-2-6-16-7-5-10-8-14(17)18-13-9-11(15)3-4-12(10)13/h3-4,8-9,16H,2,5-7,15H2,1H3. The molecule has 0 saturated carbocycles. The lowest BCUT2D eigenvalue weighted by Gasteiger charge is -2.06. The molecule has 0 spiro atoms. The summed E-state index contributed by atoms with van der Waals surface area (Å²) in [7, 11) is 0. The summed E-state index contributed by atoms with van der Waals surface area (Å²) in [6, 6.07) is 6.99. The average Bonchev–Trinajstić information content (AvgIpc) is 2.33. The van der Waals surface area contributed by atoms with E-state index in [0.29, 0.717) is 11.3 Å². The normalized spacial score (nSPS) is 10.9. The molecule has 0 radical (unpaired) electrons. The zero-order valence-corrected chi connectivity index (χ0v) is 10.5. The van der Waals surface area contributed by atoms with Crippen molar-refractivity contribution >= 4 is 16.7 Å². The van der Waals surface area contributed by atoms with Crippen molar-refractivity contribution in [1.82, 2.24) is 5.32 Å². The third-order valence-corrected chi connectivity index (χ3v) is 2.85. The van der Waals surface area contributed by atoms with E-state index in [1.807, 2.05) is 12.1 Å². The molecular weight excluding hydrogens is 228 g/mol. The second-order valence-corrected chi connectivity index (χ2v) is 4.35. The number of hydrogen-bond donors (Lipinski definition) is 2. The summed E-state index contributed by atoms with van der Waals surface area (Å²) >= 11 is 0. The first-order chi connectivity index (χ1) is 8.70. The van der Waals surface area contributed by atoms with Crippen LogP contribution in [0.5, 0.6) is 0 Å². The molecule has 96 valence electrons. The molecule has 0 aliphatic rings. The fourth-order valence-electron chi connectivity index (χ4n) is 1.98. The summed E-state index contributed by atoms with van der Waals surface area (Å²) in [4.78, 5) is 11.5. The fourth-order valence-corrected chi connectivity index (χ4v) is 1.98. The molecule has 1 heterocycles. The van der Waals surface area contributed by atoms with Gasteiger partial charge in [0.1, 0.15) is 5.58 Å². The Morgan fingerprint density at radius 1 is 1.28 bits per heavy atom. The van der Waals surface area contributed by atoms with Crippen molar-refractivity contribution in [3.05, 3.63) is 40.2 Å². The van der Waals surface area contributed by atoms with E-state index < -0.39 is 0 Å². The lowest BCUT2D eigenvalue weighted by Crippen LogP contribution is -2.18. The zero-order chi connectivity index (χ0) is 13.0. The van der Waals surface area contributed by atoms with E-state index in [9.17, 15) is 4.79 Å². The van der Waals surface area contributed by atoms with Crippen molar-refractivity contribution in [3.63, 3.8) is 0 Å². The Hall–Kier alpha value is -1.81. The number of nitrogen functional groups attached to an aromatic ring is 1. The summed E-state index contributed by atoms with van der Waals surface area (Å²) in [5.74, 6) is 0. The Bertz CT molecular complexity index is 590. The summed E-state index contributed by atoms with van der Waals surface area (Å²) < 4.78 is 5.15. The van der Waals surface area contributed by atoms with E-state index in [1.165, 1.54) is 0 Å². The van der Waals surface area contributed by atoms with E-state index in [2.05, 4.69) is 12.2 Å². The minimum atomic E-state index is -0.321. The second kappa shape index (κ2) is 5.69. The van der Waals surface area contributed by atoms with Crippen molar-refractivity contribution in [2.24, 2.45) is 0 Å². The Morgan fingerprint density at radius 3 is 2.89 bits per heavy atom. The van der Waals surface area contributed by atoms with Gasteiger partial charge in [0.2, 0.25) is 0 Å². The largest absolute Gasteiger partial charge is 0.423 e. The molecule has 4 nitrogen and oxygen atoms in total. The fraction of sp³-hybridized carbons (Fsp3) is 0.357. The van der Waals surface area contributed by atoms with Crippen LogP contribution in [0.15, 0.2) is 33.5 Å². The van der Waals surface area contributed by atoms with E-state index in [-0.39, 0.29) is 5.63 Å². The lowest BCUT2D eigenvalue weighted by atomic mass is 10.1. The maximum Gasteiger partial charge on any atom is 0.336 e. The third kappa shape index (κ3) is 2.90. The van der Waals surface area contributed by atoms with Gasteiger partial charge in [-0.15, -0.1) is 0 Å². The number of benzene rings is 1. The molecular formula is C14H18N2O2. The summed E-state index contributed by atoms with van der Waals surface area (Å²) in [6.45, 7) is 3.98. The number of anilines is 1. The van der Waals surface area contributed by atoms with Crippen molar-refractivity contribution in [1.29, 1.82) is 0 Å². The lowest BCUT2D eigenvalue weighted by molar-refractivity contribution is 0.558. The van der Waals surface area contributed by atoms with Gasteiger partial charge in [-0.3, -0.25) is 0 Å². The molecule has 3 N–H and O–H groups in total. The van der Waals surface area contributed by atoms with Gasteiger partial charge in [0, 0.05) is 23.2 Å². The van der Waals surface area contributed by atoms with Crippen molar-refractivity contribution in [2.75, 3.05) is 18.8 Å². The van der Waals surface area contributed by atoms with Gasteiger partial charge in [-0.2, -0.15) is 0 Å². The maximum absolute atomic E-state index is 11.5. The van der Waals surface area contributed by atoms with Gasteiger partial charge >= 0.3 is 5.63 Å². The van der Waals surface area contributed by atoms with E-state index in [1.54, 1.807) is 12.1 Å². The van der Waals surface area contributed by atoms with Crippen LogP contribution in [0, 0.1) is 0 Å². The second-order valence-electron chi connectivity index (χ2n) is 4.35. The van der Waals surface area contributed by atoms with Crippen LogP contribution in [-0.2, 0) is 6.42 Å². The minimum absolute atomic E-state index is 0.321. The summed E-state index contributed by atoms with van der Waals surface area (Å²) in [6.07, 6.45) is 1.92.